The number of ketones is 1. The van der Waals surface area contributed by atoms with Gasteiger partial charge < -0.3 is 10.6 Å². The maximum atomic E-state index is 13.8. The van der Waals surface area contributed by atoms with E-state index in [0.29, 0.717) is 29.4 Å². The second-order valence-corrected chi connectivity index (χ2v) is 13.8. The van der Waals surface area contributed by atoms with E-state index in [4.69, 9.17) is 5.10 Å². The number of aromatic nitrogens is 4. The fourth-order valence-corrected chi connectivity index (χ4v) is 6.44. The third-order valence-corrected chi connectivity index (χ3v) is 9.26. The van der Waals surface area contributed by atoms with Crippen molar-refractivity contribution in [2.75, 3.05) is 23.7 Å². The van der Waals surface area contributed by atoms with Crippen LogP contribution >= 0.6 is 0 Å². The van der Waals surface area contributed by atoms with E-state index in [1.165, 1.54) is 0 Å². The zero-order valence-corrected chi connectivity index (χ0v) is 28.5. The van der Waals surface area contributed by atoms with Crippen LogP contribution in [0, 0.1) is 19.8 Å². The summed E-state index contributed by atoms with van der Waals surface area (Å²) >= 11 is 0. The molecule has 6 rings (SSSR count). The lowest BCUT2D eigenvalue weighted by Gasteiger charge is -2.31. The first-order chi connectivity index (χ1) is 23.1. The van der Waals surface area contributed by atoms with Gasteiger partial charge in [-0.1, -0.05) is 68.8 Å². The van der Waals surface area contributed by atoms with Gasteiger partial charge in [-0.25, -0.2) is 14.2 Å². The first-order valence-corrected chi connectivity index (χ1v) is 16.8. The molecule has 1 saturated heterocycles. The van der Waals surface area contributed by atoms with Crippen molar-refractivity contribution in [3.63, 3.8) is 0 Å². The van der Waals surface area contributed by atoms with Crippen LogP contribution in [-0.4, -0.2) is 44.5 Å². The molecule has 3 aromatic carbocycles. The highest BCUT2D eigenvalue weighted by molar-refractivity contribution is 5.99. The molecule has 3 heterocycles. The molecule has 0 spiro atoms. The second kappa shape index (κ2) is 14.0. The molecule has 1 atom stereocenters. The SMILES string of the molecule is Cc1ccc(-n2nc(C(C)(C)C)cc2NC(=O)Nc2ccc(C(CC(=O)c3cnn(-c4ccccc4)c3C)C3CCNCC3)cc2)cc1. The molecule has 2 amide bonds. The first-order valence-electron chi connectivity index (χ1n) is 16.8. The fourth-order valence-electron chi connectivity index (χ4n) is 6.44. The molecule has 9 heteroatoms. The minimum atomic E-state index is -0.354. The van der Waals surface area contributed by atoms with Crippen LogP contribution in [0.3, 0.4) is 0 Å². The van der Waals surface area contributed by atoms with E-state index in [1.54, 1.807) is 10.9 Å². The molecule has 248 valence electrons. The molecule has 0 saturated carbocycles. The van der Waals surface area contributed by atoms with Gasteiger partial charge in [-0.2, -0.15) is 10.2 Å². The summed E-state index contributed by atoms with van der Waals surface area (Å²) in [5.74, 6) is 1.12. The van der Waals surface area contributed by atoms with Crippen molar-refractivity contribution in [3.05, 3.63) is 119 Å². The Morgan fingerprint density at radius 1 is 0.875 bits per heavy atom. The van der Waals surface area contributed by atoms with Crippen LogP contribution in [0.2, 0.25) is 0 Å². The number of nitrogens with zero attached hydrogens (tertiary/aromatic N) is 4. The molecule has 1 aliphatic rings. The first kappa shape index (κ1) is 32.9. The van der Waals surface area contributed by atoms with Gasteiger partial charge in [0.25, 0.3) is 0 Å². The Morgan fingerprint density at radius 3 is 2.21 bits per heavy atom. The Balaban J connectivity index is 1.18. The predicted molar refractivity (Wildman–Crippen MR) is 192 cm³/mol. The van der Waals surface area contributed by atoms with Gasteiger partial charge in [0.2, 0.25) is 0 Å². The summed E-state index contributed by atoms with van der Waals surface area (Å²) in [4.78, 5) is 27.1. The van der Waals surface area contributed by atoms with Crippen LogP contribution in [0.25, 0.3) is 11.4 Å². The van der Waals surface area contributed by atoms with Crippen molar-refractivity contribution < 1.29 is 9.59 Å². The summed E-state index contributed by atoms with van der Waals surface area (Å²) in [7, 11) is 0. The number of piperidine rings is 1. The molecule has 48 heavy (non-hydrogen) atoms. The van der Waals surface area contributed by atoms with E-state index >= 15 is 0 Å². The number of Topliss-reactive ketones (excluding diaryl/α,β-unsaturated/α-hetero) is 1. The molecule has 0 bridgehead atoms. The third-order valence-electron chi connectivity index (χ3n) is 9.26. The molecule has 1 aliphatic heterocycles. The average molecular weight is 644 g/mol. The quantitative estimate of drug-likeness (QED) is 0.141. The summed E-state index contributed by atoms with van der Waals surface area (Å²) in [5.41, 5.74) is 6.92. The number of hydrogen-bond acceptors (Lipinski definition) is 5. The summed E-state index contributed by atoms with van der Waals surface area (Å²) in [6.07, 6.45) is 4.12. The maximum absolute atomic E-state index is 13.8. The van der Waals surface area contributed by atoms with Gasteiger partial charge >= 0.3 is 6.03 Å². The number of amides is 2. The largest absolute Gasteiger partial charge is 0.324 e. The topological polar surface area (TPSA) is 106 Å². The summed E-state index contributed by atoms with van der Waals surface area (Å²) < 4.78 is 3.60. The standard InChI is InChI=1S/C39H45N7O2/c1-26-11-17-32(18-12-26)46-37(24-36(44-46)39(3,4)5)43-38(48)42-30-15-13-28(14-16-30)33(29-19-21-40-22-20-29)23-35(47)34-25-41-45(27(34)2)31-9-7-6-8-10-31/h6-18,24-25,29,33,40H,19-23H2,1-5H3,(H2,42,43,48). The predicted octanol–water partition coefficient (Wildman–Crippen LogP) is 7.97. The van der Waals surface area contributed by atoms with E-state index in [2.05, 4.69) is 41.8 Å². The fraction of sp³-hybridized carbons (Fsp3) is 0.333. The van der Waals surface area contributed by atoms with Gasteiger partial charge in [-0.15, -0.1) is 0 Å². The highest BCUT2D eigenvalue weighted by Crippen LogP contribution is 2.36. The van der Waals surface area contributed by atoms with Crippen LogP contribution in [0.1, 0.15) is 78.8 Å². The van der Waals surface area contributed by atoms with Gasteiger partial charge in [0, 0.05) is 23.6 Å². The van der Waals surface area contributed by atoms with Crippen molar-refractivity contribution in [1.82, 2.24) is 24.9 Å². The number of rotatable bonds is 9. The maximum Gasteiger partial charge on any atom is 0.324 e. The summed E-state index contributed by atoms with van der Waals surface area (Å²) in [5, 5.41) is 18.8. The monoisotopic (exact) mass is 643 g/mol. The molecule has 1 fully saturated rings. The number of aryl methyl sites for hydroxylation is 1. The van der Waals surface area contributed by atoms with Gasteiger partial charge in [0.05, 0.1) is 34.5 Å². The van der Waals surface area contributed by atoms with Crippen LogP contribution in [0.5, 0.6) is 0 Å². The number of benzene rings is 3. The van der Waals surface area contributed by atoms with E-state index in [1.807, 2.05) is 103 Å². The normalized spacial score (nSPS) is 14.4. The molecular weight excluding hydrogens is 598 g/mol. The Hall–Kier alpha value is -5.02. The lowest BCUT2D eigenvalue weighted by molar-refractivity contribution is 0.0958. The molecular formula is C39H45N7O2. The number of para-hydroxylation sites is 1. The van der Waals surface area contributed by atoms with Crippen molar-refractivity contribution in [2.24, 2.45) is 5.92 Å². The van der Waals surface area contributed by atoms with E-state index in [-0.39, 0.29) is 23.1 Å². The zero-order chi connectivity index (χ0) is 33.8. The lowest BCUT2D eigenvalue weighted by Crippen LogP contribution is -2.31. The number of carbonyl (C=O) groups is 2. The number of anilines is 2. The minimum Gasteiger partial charge on any atom is -0.317 e. The van der Waals surface area contributed by atoms with Gasteiger partial charge in [-0.3, -0.25) is 10.1 Å². The summed E-state index contributed by atoms with van der Waals surface area (Å²) in [6.45, 7) is 12.2. The number of carbonyl (C=O) groups excluding carboxylic acids is 2. The number of nitrogens with one attached hydrogen (secondary N) is 3. The second-order valence-electron chi connectivity index (χ2n) is 13.8. The average Bonchev–Trinajstić information content (AvgIpc) is 3.69. The number of hydrogen-bond donors (Lipinski definition) is 3. The highest BCUT2D eigenvalue weighted by Gasteiger charge is 2.29. The van der Waals surface area contributed by atoms with Crippen LogP contribution in [0.15, 0.2) is 91.1 Å². The molecule has 1 unspecified atom stereocenters. The van der Waals surface area contributed by atoms with Crippen molar-refractivity contribution >= 4 is 23.3 Å². The highest BCUT2D eigenvalue weighted by atomic mass is 16.2. The van der Waals surface area contributed by atoms with Crippen molar-refractivity contribution in [1.29, 1.82) is 0 Å². The molecule has 0 radical (unpaired) electrons. The van der Waals surface area contributed by atoms with Crippen molar-refractivity contribution in [2.45, 2.75) is 65.2 Å². The summed E-state index contributed by atoms with van der Waals surface area (Å²) in [6, 6.07) is 27.4. The Bertz CT molecular complexity index is 1860. The molecule has 3 N–H and O–H groups in total. The van der Waals surface area contributed by atoms with Gasteiger partial charge in [0.15, 0.2) is 5.78 Å². The minimum absolute atomic E-state index is 0.0571. The Kier molecular flexibility index (Phi) is 9.59. The Labute approximate surface area is 282 Å². The van der Waals surface area contributed by atoms with Crippen molar-refractivity contribution in [3.8, 4) is 11.4 Å². The van der Waals surface area contributed by atoms with E-state index < -0.39 is 0 Å². The van der Waals surface area contributed by atoms with Gasteiger partial charge in [-0.05, 0) is 93.6 Å². The van der Waals surface area contributed by atoms with E-state index in [0.717, 1.165) is 59.8 Å². The van der Waals surface area contributed by atoms with Crippen LogP contribution < -0.4 is 16.0 Å². The molecule has 5 aromatic rings. The van der Waals surface area contributed by atoms with E-state index in [9.17, 15) is 9.59 Å². The molecule has 0 aliphatic carbocycles. The molecule has 2 aromatic heterocycles. The number of urea groups is 1. The third kappa shape index (κ3) is 7.42. The smallest absolute Gasteiger partial charge is 0.317 e. The zero-order valence-electron chi connectivity index (χ0n) is 28.5. The molecule has 9 nitrogen and oxygen atoms in total. The van der Waals surface area contributed by atoms with Gasteiger partial charge in [0.1, 0.15) is 5.82 Å². The Morgan fingerprint density at radius 2 is 1.54 bits per heavy atom. The van der Waals surface area contributed by atoms with Crippen LogP contribution in [0.4, 0.5) is 16.3 Å². The van der Waals surface area contributed by atoms with Crippen LogP contribution in [-0.2, 0) is 5.41 Å². The lowest BCUT2D eigenvalue weighted by atomic mass is 9.77.